The standard InChI is InChI=1S/C20H20ClN3O3S2/c1-13-11-17(23-27-13)22-18(25)5-3-2-4-10-24-19(26)16(29-20(24)28)12-14-6-8-15(21)9-7-14/h6-9,11-12H,2-5,10H2,1H3,(H,22,23,25)/b16-12-. The molecule has 1 aliphatic heterocycles. The van der Waals surface area contributed by atoms with E-state index in [0.717, 1.165) is 24.8 Å². The Morgan fingerprint density at radius 1 is 1.31 bits per heavy atom. The van der Waals surface area contributed by atoms with Crippen LogP contribution in [0.15, 0.2) is 39.8 Å². The summed E-state index contributed by atoms with van der Waals surface area (Å²) in [6.07, 6.45) is 4.53. The number of aryl methyl sites for hydroxylation is 1. The molecule has 1 aliphatic rings. The first-order valence-corrected chi connectivity index (χ1v) is 10.8. The van der Waals surface area contributed by atoms with E-state index in [4.69, 9.17) is 28.3 Å². The first-order chi connectivity index (χ1) is 13.9. The van der Waals surface area contributed by atoms with Gasteiger partial charge in [0.05, 0.1) is 4.91 Å². The normalized spacial score (nSPS) is 15.4. The number of benzene rings is 1. The predicted molar refractivity (Wildman–Crippen MR) is 120 cm³/mol. The molecule has 1 aromatic heterocycles. The molecule has 0 spiro atoms. The Balaban J connectivity index is 1.41. The fraction of sp³-hybridized carbons (Fsp3) is 0.300. The van der Waals surface area contributed by atoms with Crippen LogP contribution in [0.1, 0.15) is 37.0 Å². The quantitative estimate of drug-likeness (QED) is 0.346. The van der Waals surface area contributed by atoms with Crippen LogP contribution in [0.4, 0.5) is 5.82 Å². The average Bonchev–Trinajstić information content (AvgIpc) is 3.20. The van der Waals surface area contributed by atoms with Crippen molar-refractivity contribution < 1.29 is 14.1 Å². The molecule has 1 fully saturated rings. The van der Waals surface area contributed by atoms with Crippen molar-refractivity contribution in [3.8, 4) is 0 Å². The molecule has 1 saturated heterocycles. The van der Waals surface area contributed by atoms with Crippen molar-refractivity contribution in [3.63, 3.8) is 0 Å². The molecule has 2 amide bonds. The Labute approximate surface area is 183 Å². The number of thiocarbonyl (C=S) groups is 1. The van der Waals surface area contributed by atoms with Crippen molar-refractivity contribution >= 4 is 63.6 Å². The highest BCUT2D eigenvalue weighted by Crippen LogP contribution is 2.33. The smallest absolute Gasteiger partial charge is 0.266 e. The van der Waals surface area contributed by atoms with E-state index in [1.165, 1.54) is 11.8 Å². The lowest BCUT2D eigenvalue weighted by atomic mass is 10.1. The van der Waals surface area contributed by atoms with Crippen LogP contribution in [0.3, 0.4) is 0 Å². The summed E-state index contributed by atoms with van der Waals surface area (Å²) < 4.78 is 5.47. The first-order valence-electron chi connectivity index (χ1n) is 9.16. The Morgan fingerprint density at radius 2 is 2.07 bits per heavy atom. The molecule has 0 bridgehead atoms. The lowest BCUT2D eigenvalue weighted by Gasteiger charge is -2.14. The third-order valence-electron chi connectivity index (χ3n) is 4.22. The second-order valence-electron chi connectivity index (χ2n) is 6.57. The molecule has 1 aromatic carbocycles. The molecule has 0 unspecified atom stereocenters. The molecule has 6 nitrogen and oxygen atoms in total. The van der Waals surface area contributed by atoms with Crippen LogP contribution in [0, 0.1) is 6.92 Å². The highest BCUT2D eigenvalue weighted by atomic mass is 35.5. The minimum atomic E-state index is -0.102. The number of nitrogens with zero attached hydrogens (tertiary/aromatic N) is 2. The summed E-state index contributed by atoms with van der Waals surface area (Å²) >= 11 is 12.6. The van der Waals surface area contributed by atoms with E-state index >= 15 is 0 Å². The zero-order chi connectivity index (χ0) is 20.8. The number of aromatic nitrogens is 1. The number of carbonyl (C=O) groups is 2. The number of rotatable bonds is 8. The van der Waals surface area contributed by atoms with Gasteiger partial charge in [0.2, 0.25) is 5.91 Å². The van der Waals surface area contributed by atoms with Gasteiger partial charge in [-0.15, -0.1) is 0 Å². The minimum Gasteiger partial charge on any atom is -0.360 e. The van der Waals surface area contributed by atoms with Crippen molar-refractivity contribution in [1.82, 2.24) is 10.1 Å². The summed E-state index contributed by atoms with van der Waals surface area (Å²) in [5, 5.41) is 7.08. The lowest BCUT2D eigenvalue weighted by molar-refractivity contribution is -0.122. The fourth-order valence-electron chi connectivity index (χ4n) is 2.77. The number of thioether (sulfide) groups is 1. The summed E-state index contributed by atoms with van der Waals surface area (Å²) in [5.74, 6) is 0.898. The van der Waals surface area contributed by atoms with E-state index in [9.17, 15) is 9.59 Å². The number of amides is 2. The van der Waals surface area contributed by atoms with Gasteiger partial charge in [-0.25, -0.2) is 0 Å². The fourth-order valence-corrected chi connectivity index (χ4v) is 4.20. The molecule has 0 atom stereocenters. The SMILES string of the molecule is Cc1cc(NC(=O)CCCCCN2C(=O)/C(=C/c3ccc(Cl)cc3)SC2=S)no1. The molecule has 29 heavy (non-hydrogen) atoms. The monoisotopic (exact) mass is 449 g/mol. The average molecular weight is 450 g/mol. The Kier molecular flexibility index (Phi) is 7.46. The molecule has 3 rings (SSSR count). The highest BCUT2D eigenvalue weighted by Gasteiger charge is 2.31. The van der Waals surface area contributed by atoms with Crippen LogP contribution < -0.4 is 5.32 Å². The molecule has 152 valence electrons. The van der Waals surface area contributed by atoms with Crippen LogP contribution in [0.5, 0.6) is 0 Å². The molecule has 2 heterocycles. The van der Waals surface area contributed by atoms with Gasteiger partial charge in [-0.3, -0.25) is 14.5 Å². The second kappa shape index (κ2) is 10.0. The van der Waals surface area contributed by atoms with Crippen molar-refractivity contribution in [2.24, 2.45) is 0 Å². The maximum absolute atomic E-state index is 12.6. The number of unbranched alkanes of at least 4 members (excludes halogenated alkanes) is 2. The number of hydrogen-bond donors (Lipinski definition) is 1. The largest absolute Gasteiger partial charge is 0.360 e. The van der Waals surface area contributed by atoms with Crippen molar-refractivity contribution in [3.05, 3.63) is 51.6 Å². The number of anilines is 1. The Morgan fingerprint density at radius 3 is 2.76 bits per heavy atom. The molecular weight excluding hydrogens is 430 g/mol. The van der Waals surface area contributed by atoms with Gasteiger partial charge in [0.1, 0.15) is 10.1 Å². The molecule has 0 radical (unpaired) electrons. The third kappa shape index (κ3) is 6.16. The maximum Gasteiger partial charge on any atom is 0.266 e. The van der Waals surface area contributed by atoms with E-state index in [1.54, 1.807) is 30.0 Å². The zero-order valence-corrected chi connectivity index (χ0v) is 18.2. The van der Waals surface area contributed by atoms with Gasteiger partial charge >= 0.3 is 0 Å². The molecule has 1 N–H and O–H groups in total. The number of halogens is 1. The topological polar surface area (TPSA) is 75.4 Å². The predicted octanol–water partition coefficient (Wildman–Crippen LogP) is 5.04. The van der Waals surface area contributed by atoms with Crippen LogP contribution in [0.2, 0.25) is 5.02 Å². The van der Waals surface area contributed by atoms with E-state index in [-0.39, 0.29) is 11.8 Å². The summed E-state index contributed by atoms with van der Waals surface area (Å²) in [5.41, 5.74) is 0.906. The van der Waals surface area contributed by atoms with E-state index in [1.807, 2.05) is 18.2 Å². The van der Waals surface area contributed by atoms with Gasteiger partial charge in [0.15, 0.2) is 5.82 Å². The summed E-state index contributed by atoms with van der Waals surface area (Å²) in [6.45, 7) is 2.31. The Bertz CT molecular complexity index is 941. The zero-order valence-electron chi connectivity index (χ0n) is 15.8. The van der Waals surface area contributed by atoms with E-state index in [0.29, 0.717) is 38.8 Å². The minimum absolute atomic E-state index is 0.0749. The summed E-state index contributed by atoms with van der Waals surface area (Å²) in [6, 6.07) is 8.97. The summed E-state index contributed by atoms with van der Waals surface area (Å²) in [4.78, 5) is 26.7. The number of hydrogen-bond acceptors (Lipinski definition) is 6. The lowest BCUT2D eigenvalue weighted by Crippen LogP contribution is -2.29. The molecule has 2 aromatic rings. The van der Waals surface area contributed by atoms with Crippen LogP contribution in [-0.2, 0) is 9.59 Å². The van der Waals surface area contributed by atoms with Crippen LogP contribution >= 0.6 is 35.6 Å². The molecule has 0 aliphatic carbocycles. The Hall–Kier alpha value is -2.16. The van der Waals surface area contributed by atoms with Gasteiger partial charge in [-0.2, -0.15) is 0 Å². The van der Waals surface area contributed by atoms with Crippen molar-refractivity contribution in [2.75, 3.05) is 11.9 Å². The maximum atomic E-state index is 12.6. The van der Waals surface area contributed by atoms with Crippen molar-refractivity contribution in [1.29, 1.82) is 0 Å². The van der Waals surface area contributed by atoms with Gasteiger partial charge in [0.25, 0.3) is 5.91 Å². The van der Waals surface area contributed by atoms with Gasteiger partial charge < -0.3 is 9.84 Å². The van der Waals surface area contributed by atoms with Gasteiger partial charge in [0, 0.05) is 24.1 Å². The second-order valence-corrected chi connectivity index (χ2v) is 8.68. The number of carbonyl (C=O) groups excluding carboxylic acids is 2. The van der Waals surface area contributed by atoms with Gasteiger partial charge in [-0.1, -0.05) is 59.3 Å². The molecule has 0 saturated carbocycles. The third-order valence-corrected chi connectivity index (χ3v) is 5.85. The highest BCUT2D eigenvalue weighted by molar-refractivity contribution is 8.26. The summed E-state index contributed by atoms with van der Waals surface area (Å²) in [7, 11) is 0. The van der Waals surface area contributed by atoms with Crippen LogP contribution in [-0.4, -0.2) is 32.7 Å². The van der Waals surface area contributed by atoms with E-state index in [2.05, 4.69) is 10.5 Å². The number of nitrogens with one attached hydrogen (secondary N) is 1. The van der Waals surface area contributed by atoms with E-state index < -0.39 is 0 Å². The first kappa shape index (κ1) is 21.5. The molecule has 9 heteroatoms. The van der Waals surface area contributed by atoms with Crippen molar-refractivity contribution in [2.45, 2.75) is 32.6 Å². The molecular formula is C20H20ClN3O3S2. The van der Waals surface area contributed by atoms with Crippen LogP contribution in [0.25, 0.3) is 6.08 Å². The van der Waals surface area contributed by atoms with Gasteiger partial charge in [-0.05, 0) is 43.5 Å².